The zero-order valence-electron chi connectivity index (χ0n) is 11.8. The first-order chi connectivity index (χ1) is 8.72. The third-order valence-electron chi connectivity index (χ3n) is 5.51. The quantitative estimate of drug-likeness (QED) is 0.653. The van der Waals surface area contributed by atoms with Gasteiger partial charge in [-0.05, 0) is 57.4 Å². The monoisotopic (exact) mass is 266 g/mol. The van der Waals surface area contributed by atoms with Gasteiger partial charge in [-0.1, -0.05) is 0 Å². The fourth-order valence-electron chi connectivity index (χ4n) is 4.25. The van der Waals surface area contributed by atoms with Gasteiger partial charge in [-0.25, -0.2) is 4.79 Å². The lowest BCUT2D eigenvalue weighted by atomic mass is 9.76. The first-order valence-electron chi connectivity index (χ1n) is 7.08. The van der Waals surface area contributed by atoms with Crippen molar-refractivity contribution >= 4 is 5.97 Å². The van der Waals surface area contributed by atoms with E-state index in [2.05, 4.69) is 0 Å². The molecular formula is C15H22O4. The van der Waals surface area contributed by atoms with Crippen molar-refractivity contribution in [2.45, 2.75) is 63.8 Å². The molecule has 19 heavy (non-hydrogen) atoms. The van der Waals surface area contributed by atoms with Crippen LogP contribution in [-0.4, -0.2) is 33.5 Å². The van der Waals surface area contributed by atoms with E-state index >= 15 is 0 Å². The summed E-state index contributed by atoms with van der Waals surface area (Å²) in [5.41, 5.74) is 0.00869. The van der Waals surface area contributed by atoms with Crippen LogP contribution in [0.25, 0.3) is 0 Å². The van der Waals surface area contributed by atoms with E-state index in [1.165, 1.54) is 0 Å². The van der Waals surface area contributed by atoms with Crippen LogP contribution >= 0.6 is 0 Å². The summed E-state index contributed by atoms with van der Waals surface area (Å²) in [4.78, 5) is 11.7. The molecule has 0 aromatic heterocycles. The Morgan fingerprint density at radius 3 is 2.58 bits per heavy atom. The highest BCUT2D eigenvalue weighted by molar-refractivity contribution is 5.91. The summed E-state index contributed by atoms with van der Waals surface area (Å²) < 4.78 is 5.37. The molecule has 3 aliphatic rings. The lowest BCUT2D eigenvalue weighted by molar-refractivity contribution is -0.142. The maximum atomic E-state index is 11.7. The van der Waals surface area contributed by atoms with Crippen LogP contribution in [-0.2, 0) is 9.53 Å². The summed E-state index contributed by atoms with van der Waals surface area (Å²) in [6.45, 7) is 5.45. The summed E-state index contributed by atoms with van der Waals surface area (Å²) in [5.74, 6) is -0.189. The van der Waals surface area contributed by atoms with E-state index in [1.807, 2.05) is 13.8 Å². The zero-order valence-corrected chi connectivity index (χ0v) is 11.8. The molecule has 0 amide bonds. The van der Waals surface area contributed by atoms with E-state index in [9.17, 15) is 15.0 Å². The summed E-state index contributed by atoms with van der Waals surface area (Å²) >= 11 is 0. The fraction of sp³-hybridized carbons (Fsp3) is 0.800. The van der Waals surface area contributed by atoms with Gasteiger partial charge in [0, 0.05) is 12.0 Å². The molecular weight excluding hydrogens is 244 g/mol. The van der Waals surface area contributed by atoms with Crippen LogP contribution < -0.4 is 0 Å². The molecule has 2 aliphatic carbocycles. The molecule has 4 heteroatoms. The van der Waals surface area contributed by atoms with Gasteiger partial charge in [-0.15, -0.1) is 0 Å². The molecule has 0 saturated heterocycles. The van der Waals surface area contributed by atoms with Crippen molar-refractivity contribution in [3.05, 3.63) is 11.1 Å². The summed E-state index contributed by atoms with van der Waals surface area (Å²) in [6.07, 6.45) is 2.35. The maximum absolute atomic E-state index is 11.7. The van der Waals surface area contributed by atoms with Crippen molar-refractivity contribution in [3.8, 4) is 0 Å². The van der Waals surface area contributed by atoms with Crippen LogP contribution in [0.15, 0.2) is 11.1 Å². The summed E-state index contributed by atoms with van der Waals surface area (Å²) in [7, 11) is 0. The van der Waals surface area contributed by atoms with E-state index in [0.717, 1.165) is 12.0 Å². The van der Waals surface area contributed by atoms with E-state index < -0.39 is 11.2 Å². The van der Waals surface area contributed by atoms with Crippen molar-refractivity contribution in [3.63, 3.8) is 0 Å². The molecule has 0 spiro atoms. The topological polar surface area (TPSA) is 66.8 Å². The smallest absolute Gasteiger partial charge is 0.334 e. The van der Waals surface area contributed by atoms with Gasteiger partial charge in [0.1, 0.15) is 6.10 Å². The first-order valence-corrected chi connectivity index (χ1v) is 7.08. The van der Waals surface area contributed by atoms with Crippen molar-refractivity contribution in [2.75, 3.05) is 0 Å². The number of hydrogen-bond acceptors (Lipinski definition) is 4. The van der Waals surface area contributed by atoms with Crippen LogP contribution in [0.4, 0.5) is 0 Å². The third-order valence-corrected chi connectivity index (χ3v) is 5.51. The van der Waals surface area contributed by atoms with Gasteiger partial charge < -0.3 is 14.9 Å². The molecule has 1 aliphatic heterocycles. The zero-order chi connectivity index (χ0) is 14.0. The Hall–Kier alpha value is -0.870. The lowest BCUT2D eigenvalue weighted by Gasteiger charge is -2.35. The molecule has 0 bridgehead atoms. The van der Waals surface area contributed by atoms with Crippen molar-refractivity contribution in [1.29, 1.82) is 0 Å². The number of aliphatic hydroxyl groups is 2. The minimum absolute atomic E-state index is 0.00644. The number of carbonyl (C=O) groups is 1. The average molecular weight is 266 g/mol. The van der Waals surface area contributed by atoms with E-state index in [0.29, 0.717) is 24.8 Å². The minimum atomic E-state index is -0.886. The van der Waals surface area contributed by atoms with Gasteiger partial charge in [0.05, 0.1) is 11.2 Å². The molecule has 0 radical (unpaired) electrons. The molecule has 2 fully saturated rings. The Morgan fingerprint density at radius 1 is 1.21 bits per heavy atom. The van der Waals surface area contributed by atoms with Gasteiger partial charge in [-0.3, -0.25) is 0 Å². The average Bonchev–Trinajstić information content (AvgIpc) is 2.66. The number of rotatable bonds is 0. The van der Waals surface area contributed by atoms with Crippen molar-refractivity contribution in [2.24, 2.45) is 11.8 Å². The maximum Gasteiger partial charge on any atom is 0.334 e. The Labute approximate surface area is 113 Å². The Balaban J connectivity index is 2.04. The second kappa shape index (κ2) is 3.83. The normalized spacial score (nSPS) is 49.7. The predicted molar refractivity (Wildman–Crippen MR) is 69.3 cm³/mol. The van der Waals surface area contributed by atoms with Gasteiger partial charge in [-0.2, -0.15) is 0 Å². The van der Waals surface area contributed by atoms with Crippen LogP contribution in [0.5, 0.6) is 0 Å². The number of ether oxygens (including phenoxy) is 1. The van der Waals surface area contributed by atoms with Gasteiger partial charge >= 0.3 is 5.97 Å². The lowest BCUT2D eigenvalue weighted by Crippen LogP contribution is -2.41. The molecule has 0 aromatic rings. The van der Waals surface area contributed by atoms with Gasteiger partial charge in [0.15, 0.2) is 0 Å². The Kier molecular flexibility index (Phi) is 2.64. The third kappa shape index (κ3) is 1.84. The Morgan fingerprint density at radius 2 is 1.89 bits per heavy atom. The highest BCUT2D eigenvalue weighted by Gasteiger charge is 2.55. The second-order valence-electron chi connectivity index (χ2n) is 6.92. The van der Waals surface area contributed by atoms with E-state index in [4.69, 9.17) is 4.74 Å². The number of carbonyl (C=O) groups excluding carboxylic acids is 1. The second-order valence-corrected chi connectivity index (χ2v) is 6.92. The van der Waals surface area contributed by atoms with Gasteiger partial charge in [0.2, 0.25) is 0 Å². The number of hydrogen-bond donors (Lipinski definition) is 2. The van der Waals surface area contributed by atoms with Crippen LogP contribution in [0.2, 0.25) is 0 Å². The van der Waals surface area contributed by atoms with Gasteiger partial charge in [0.25, 0.3) is 0 Å². The molecule has 5 atom stereocenters. The largest absolute Gasteiger partial charge is 0.454 e. The first kappa shape index (κ1) is 13.1. The van der Waals surface area contributed by atoms with E-state index in [1.54, 1.807) is 6.92 Å². The molecule has 4 nitrogen and oxygen atoms in total. The molecule has 1 heterocycles. The van der Waals surface area contributed by atoms with Crippen molar-refractivity contribution < 1.29 is 19.7 Å². The van der Waals surface area contributed by atoms with Crippen molar-refractivity contribution in [1.82, 2.24) is 0 Å². The van der Waals surface area contributed by atoms with Crippen LogP contribution in [0.1, 0.15) is 46.5 Å². The highest BCUT2D eigenvalue weighted by atomic mass is 16.5. The highest BCUT2D eigenvalue weighted by Crippen LogP contribution is 2.53. The number of fused-ring (bicyclic) bond motifs is 2. The predicted octanol–water partition coefficient (Wildman–Crippen LogP) is 1.55. The SMILES string of the molecule is CC1=C2CC3C(CCC3(C)O)C(C)(O)CC2OC1=O. The van der Waals surface area contributed by atoms with Crippen LogP contribution in [0.3, 0.4) is 0 Å². The molecule has 2 N–H and O–H groups in total. The fourth-order valence-corrected chi connectivity index (χ4v) is 4.25. The molecule has 2 saturated carbocycles. The molecule has 3 rings (SSSR count). The summed E-state index contributed by atoms with van der Waals surface area (Å²) in [5, 5.41) is 21.3. The van der Waals surface area contributed by atoms with E-state index in [-0.39, 0.29) is 23.9 Å². The minimum Gasteiger partial charge on any atom is -0.454 e. The number of esters is 1. The molecule has 5 unspecified atom stereocenters. The summed E-state index contributed by atoms with van der Waals surface area (Å²) in [6, 6.07) is 0. The molecule has 106 valence electrons. The Bertz CT molecular complexity index is 461. The standard InChI is InChI=1S/C15H22O4/c1-8-9-6-11-10(4-5-14(11,2)17)15(3,18)7-12(9)19-13(8)16/h10-12,17-18H,4-7H2,1-3H3. The van der Waals surface area contributed by atoms with Crippen LogP contribution in [0, 0.1) is 11.8 Å². The molecule has 0 aromatic carbocycles.